The summed E-state index contributed by atoms with van der Waals surface area (Å²) < 4.78 is 28.2. The summed E-state index contributed by atoms with van der Waals surface area (Å²) in [4.78, 5) is 0. The minimum atomic E-state index is -3.40. The highest BCUT2D eigenvalue weighted by atomic mass is 32.2. The maximum atomic E-state index is 12.1. The first-order valence-electron chi connectivity index (χ1n) is 7.47. The van der Waals surface area contributed by atoms with E-state index < -0.39 is 10.2 Å². The lowest BCUT2D eigenvalue weighted by molar-refractivity contribution is 0.444. The van der Waals surface area contributed by atoms with E-state index >= 15 is 0 Å². The van der Waals surface area contributed by atoms with Crippen LogP contribution in [0.2, 0.25) is 0 Å². The number of nitrogens with zero attached hydrogens (tertiary/aromatic N) is 1. The summed E-state index contributed by atoms with van der Waals surface area (Å²) in [5.41, 5.74) is 2.13. The van der Waals surface area contributed by atoms with E-state index in [4.69, 9.17) is 0 Å². The Morgan fingerprint density at radius 2 is 1.90 bits per heavy atom. The number of hydrogen-bond acceptors (Lipinski definition) is 3. The molecule has 1 aromatic rings. The van der Waals surface area contributed by atoms with Crippen molar-refractivity contribution < 1.29 is 8.42 Å². The summed E-state index contributed by atoms with van der Waals surface area (Å²) in [5.74, 6) is 0. The quantitative estimate of drug-likeness (QED) is 0.678. The Labute approximate surface area is 127 Å². The average molecular weight is 311 g/mol. The number of rotatable bonds is 9. The lowest BCUT2D eigenvalue weighted by Crippen LogP contribution is -2.39. The molecule has 0 saturated heterocycles. The third kappa shape index (κ3) is 5.74. The average Bonchev–Trinajstić information content (AvgIpc) is 3.27. The Balaban J connectivity index is 1.72. The molecule has 0 unspecified atom stereocenters. The molecule has 118 valence electrons. The van der Waals surface area contributed by atoms with Gasteiger partial charge in [0.2, 0.25) is 0 Å². The molecular formula is C15H25N3O2S. The molecule has 0 bridgehead atoms. The minimum Gasteiger partial charge on any atom is -0.314 e. The monoisotopic (exact) mass is 311 g/mol. The summed E-state index contributed by atoms with van der Waals surface area (Å²) in [6, 6.07) is 8.52. The SMILES string of the molecule is Cc1ccc(CNS(=O)(=O)N(C)CCCNC2CC2)cc1. The zero-order valence-corrected chi connectivity index (χ0v) is 13.6. The zero-order chi connectivity index (χ0) is 15.3. The zero-order valence-electron chi connectivity index (χ0n) is 12.8. The van der Waals surface area contributed by atoms with Gasteiger partial charge in [0.05, 0.1) is 0 Å². The van der Waals surface area contributed by atoms with Crippen molar-refractivity contribution in [1.29, 1.82) is 0 Å². The van der Waals surface area contributed by atoms with Crippen LogP contribution in [0.1, 0.15) is 30.4 Å². The van der Waals surface area contributed by atoms with E-state index in [9.17, 15) is 8.42 Å². The van der Waals surface area contributed by atoms with Crippen LogP contribution < -0.4 is 10.0 Å². The third-order valence-corrected chi connectivity index (χ3v) is 5.16. The van der Waals surface area contributed by atoms with Crippen LogP contribution >= 0.6 is 0 Å². The van der Waals surface area contributed by atoms with Gasteiger partial charge in [-0.05, 0) is 38.3 Å². The lowest BCUT2D eigenvalue weighted by atomic mass is 10.2. The first-order valence-corrected chi connectivity index (χ1v) is 8.91. The van der Waals surface area contributed by atoms with Gasteiger partial charge in [-0.3, -0.25) is 0 Å². The van der Waals surface area contributed by atoms with Crippen molar-refractivity contribution in [3.05, 3.63) is 35.4 Å². The predicted octanol–water partition coefficient (Wildman–Crippen LogP) is 1.40. The smallest absolute Gasteiger partial charge is 0.279 e. The van der Waals surface area contributed by atoms with E-state index in [1.807, 2.05) is 31.2 Å². The van der Waals surface area contributed by atoms with Gasteiger partial charge in [-0.1, -0.05) is 29.8 Å². The normalized spacial score (nSPS) is 15.6. The maximum absolute atomic E-state index is 12.1. The largest absolute Gasteiger partial charge is 0.314 e. The molecule has 0 amide bonds. The second-order valence-corrected chi connectivity index (χ2v) is 7.58. The summed E-state index contributed by atoms with van der Waals surface area (Å²) >= 11 is 0. The highest BCUT2D eigenvalue weighted by Crippen LogP contribution is 2.18. The predicted molar refractivity (Wildman–Crippen MR) is 85.2 cm³/mol. The Morgan fingerprint density at radius 3 is 2.52 bits per heavy atom. The Kier molecular flexibility index (Phi) is 5.75. The highest BCUT2D eigenvalue weighted by molar-refractivity contribution is 7.87. The summed E-state index contributed by atoms with van der Waals surface area (Å²) in [6.45, 7) is 3.75. The molecule has 6 heteroatoms. The number of benzene rings is 1. The van der Waals surface area contributed by atoms with Crippen LogP contribution in [-0.2, 0) is 16.8 Å². The number of aryl methyl sites for hydroxylation is 1. The van der Waals surface area contributed by atoms with Gasteiger partial charge in [-0.25, -0.2) is 0 Å². The van der Waals surface area contributed by atoms with Crippen LogP contribution in [0.25, 0.3) is 0 Å². The van der Waals surface area contributed by atoms with E-state index in [1.165, 1.54) is 22.7 Å². The molecule has 0 atom stereocenters. The van der Waals surface area contributed by atoms with Crippen molar-refractivity contribution in [2.75, 3.05) is 20.1 Å². The van der Waals surface area contributed by atoms with Crippen molar-refractivity contribution >= 4 is 10.2 Å². The van der Waals surface area contributed by atoms with Crippen LogP contribution in [-0.4, -0.2) is 38.9 Å². The van der Waals surface area contributed by atoms with Gasteiger partial charge in [0, 0.05) is 26.2 Å². The molecule has 1 aromatic carbocycles. The van der Waals surface area contributed by atoms with Gasteiger partial charge in [-0.15, -0.1) is 0 Å². The van der Waals surface area contributed by atoms with Crippen LogP contribution in [0.3, 0.4) is 0 Å². The molecule has 0 heterocycles. The van der Waals surface area contributed by atoms with E-state index in [2.05, 4.69) is 10.0 Å². The van der Waals surface area contributed by atoms with Crippen LogP contribution in [0, 0.1) is 6.92 Å². The fraction of sp³-hybridized carbons (Fsp3) is 0.600. The second-order valence-electron chi connectivity index (χ2n) is 5.72. The molecule has 0 aromatic heterocycles. The van der Waals surface area contributed by atoms with Crippen molar-refractivity contribution in [1.82, 2.24) is 14.3 Å². The van der Waals surface area contributed by atoms with E-state index in [-0.39, 0.29) is 0 Å². The Morgan fingerprint density at radius 1 is 1.24 bits per heavy atom. The highest BCUT2D eigenvalue weighted by Gasteiger charge is 2.20. The van der Waals surface area contributed by atoms with E-state index in [0.29, 0.717) is 19.1 Å². The maximum Gasteiger partial charge on any atom is 0.279 e. The van der Waals surface area contributed by atoms with Gasteiger partial charge >= 0.3 is 0 Å². The third-order valence-electron chi connectivity index (χ3n) is 3.65. The van der Waals surface area contributed by atoms with Crippen molar-refractivity contribution in [3.63, 3.8) is 0 Å². The van der Waals surface area contributed by atoms with Crippen LogP contribution in [0.15, 0.2) is 24.3 Å². The van der Waals surface area contributed by atoms with Gasteiger partial charge in [0.25, 0.3) is 10.2 Å². The van der Waals surface area contributed by atoms with Gasteiger partial charge in [0.1, 0.15) is 0 Å². The molecule has 2 rings (SSSR count). The van der Waals surface area contributed by atoms with Crippen molar-refractivity contribution in [2.45, 2.75) is 38.8 Å². The first kappa shape index (κ1) is 16.4. The Bertz CT molecular complexity index is 539. The fourth-order valence-corrected chi connectivity index (χ4v) is 2.95. The van der Waals surface area contributed by atoms with E-state index in [0.717, 1.165) is 18.5 Å². The van der Waals surface area contributed by atoms with Crippen LogP contribution in [0.5, 0.6) is 0 Å². The molecule has 1 saturated carbocycles. The standard InChI is InChI=1S/C15H25N3O2S/c1-13-4-6-14(7-5-13)12-17-21(19,20)18(2)11-3-10-16-15-8-9-15/h4-7,15-17H,3,8-12H2,1-2H3. The van der Waals surface area contributed by atoms with Crippen molar-refractivity contribution in [3.8, 4) is 0 Å². The molecule has 0 spiro atoms. The Hall–Kier alpha value is -0.950. The molecular weight excluding hydrogens is 286 g/mol. The molecule has 0 radical (unpaired) electrons. The van der Waals surface area contributed by atoms with E-state index in [1.54, 1.807) is 7.05 Å². The topological polar surface area (TPSA) is 61.4 Å². The molecule has 1 fully saturated rings. The van der Waals surface area contributed by atoms with Gasteiger partial charge in [0.15, 0.2) is 0 Å². The molecule has 0 aliphatic heterocycles. The molecule has 21 heavy (non-hydrogen) atoms. The molecule has 5 nitrogen and oxygen atoms in total. The molecule has 1 aliphatic rings. The summed E-state index contributed by atoms with van der Waals surface area (Å²) in [7, 11) is -1.78. The lowest BCUT2D eigenvalue weighted by Gasteiger charge is -2.18. The fourth-order valence-electron chi connectivity index (χ4n) is 2.01. The number of hydrogen-bond donors (Lipinski definition) is 2. The van der Waals surface area contributed by atoms with Gasteiger partial charge < -0.3 is 5.32 Å². The van der Waals surface area contributed by atoms with Gasteiger partial charge in [-0.2, -0.15) is 17.4 Å². The first-order chi connectivity index (χ1) is 9.97. The number of nitrogens with one attached hydrogen (secondary N) is 2. The molecule has 1 aliphatic carbocycles. The minimum absolute atomic E-state index is 0.327. The van der Waals surface area contributed by atoms with Crippen molar-refractivity contribution in [2.24, 2.45) is 0 Å². The summed E-state index contributed by atoms with van der Waals surface area (Å²) in [5, 5.41) is 3.38. The second kappa shape index (κ2) is 7.35. The summed E-state index contributed by atoms with van der Waals surface area (Å²) in [6.07, 6.45) is 3.34. The van der Waals surface area contributed by atoms with Crippen LogP contribution in [0.4, 0.5) is 0 Å². The molecule has 2 N–H and O–H groups in total.